The highest BCUT2D eigenvalue weighted by atomic mass is 35.5. The number of halogens is 1. The molecule has 0 saturated heterocycles. The average molecular weight is 584 g/mol. The number of esters is 2. The number of methoxy groups -OCH3 is 1. The number of allylic oxidation sites excluding steroid dienone is 1. The molecular weight excluding hydrogens is 538 g/mol. The van der Waals surface area contributed by atoms with Crippen LogP contribution in [0.5, 0.6) is 5.75 Å². The number of rotatable bonds is 13. The summed E-state index contributed by atoms with van der Waals surface area (Å²) in [6.07, 6.45) is 7.38. The van der Waals surface area contributed by atoms with Crippen molar-refractivity contribution in [3.8, 4) is 5.75 Å². The highest BCUT2D eigenvalue weighted by molar-refractivity contribution is 6.30. The number of carbonyl (C=O) groups is 2. The fourth-order valence-corrected chi connectivity index (χ4v) is 5.53. The quantitative estimate of drug-likeness (QED) is 0.135. The predicted molar refractivity (Wildman–Crippen MR) is 166 cm³/mol. The zero-order valence-corrected chi connectivity index (χ0v) is 26.1. The molecule has 0 fully saturated rings. The zero-order chi connectivity index (χ0) is 30.0. The molecule has 2 unspecified atom stereocenters. The molecule has 7 heteroatoms. The van der Waals surface area contributed by atoms with E-state index in [4.69, 9.17) is 25.8 Å². The van der Waals surface area contributed by atoms with Crippen molar-refractivity contribution in [1.82, 2.24) is 0 Å². The fourth-order valence-electron chi connectivity index (χ4n) is 5.34. The summed E-state index contributed by atoms with van der Waals surface area (Å²) in [7, 11) is 1.36. The lowest BCUT2D eigenvalue weighted by atomic mass is 9.91. The Labute approximate surface area is 251 Å². The summed E-state index contributed by atoms with van der Waals surface area (Å²) in [6, 6.07) is 12.1. The van der Waals surface area contributed by atoms with E-state index in [2.05, 4.69) is 30.5 Å². The maximum Gasteiger partial charge on any atom is 0.313 e. The number of carbonyl (C=O) groups excluding carboxylic acids is 2. The minimum Gasteiger partial charge on any atom is -0.491 e. The summed E-state index contributed by atoms with van der Waals surface area (Å²) in [5.74, 6) is -0.356. The number of ether oxygens (including phenoxy) is 3. The lowest BCUT2D eigenvalue weighted by Crippen LogP contribution is -2.30. The molecule has 41 heavy (non-hydrogen) atoms. The van der Waals surface area contributed by atoms with Gasteiger partial charge >= 0.3 is 11.9 Å². The summed E-state index contributed by atoms with van der Waals surface area (Å²) in [5.41, 5.74) is 3.65. The molecule has 2 atom stereocenters. The second kappa shape index (κ2) is 15.3. The second-order valence-corrected chi connectivity index (χ2v) is 12.2. The van der Waals surface area contributed by atoms with Gasteiger partial charge in [0.05, 0.1) is 25.3 Å². The van der Waals surface area contributed by atoms with Gasteiger partial charge in [-0.05, 0) is 93.8 Å². The van der Waals surface area contributed by atoms with Gasteiger partial charge in [-0.2, -0.15) is 0 Å². The van der Waals surface area contributed by atoms with Crippen LogP contribution in [0.15, 0.2) is 49.1 Å². The minimum atomic E-state index is -0.644. The van der Waals surface area contributed by atoms with Crippen LogP contribution >= 0.6 is 11.6 Å². The Balaban J connectivity index is 1.99. The Bertz CT molecular complexity index is 1190. The number of hydrogen-bond acceptors (Lipinski definition) is 6. The van der Waals surface area contributed by atoms with Gasteiger partial charge in [-0.15, -0.1) is 6.58 Å². The highest BCUT2D eigenvalue weighted by Gasteiger charge is 2.31. The molecule has 3 rings (SSSR count). The third-order valence-electron chi connectivity index (χ3n) is 7.31. The first-order chi connectivity index (χ1) is 19.6. The maximum absolute atomic E-state index is 13.3. The molecule has 0 aromatic heterocycles. The summed E-state index contributed by atoms with van der Waals surface area (Å²) in [5, 5.41) is 0.751. The van der Waals surface area contributed by atoms with Crippen molar-refractivity contribution in [2.45, 2.75) is 90.1 Å². The van der Waals surface area contributed by atoms with Gasteiger partial charge in [0.15, 0.2) is 0 Å². The Morgan fingerprint density at radius 3 is 2.66 bits per heavy atom. The van der Waals surface area contributed by atoms with Gasteiger partial charge in [-0.1, -0.05) is 43.2 Å². The van der Waals surface area contributed by atoms with Crippen LogP contribution < -0.4 is 9.64 Å². The van der Waals surface area contributed by atoms with Crippen LogP contribution in [0.1, 0.15) is 94.7 Å². The van der Waals surface area contributed by atoms with E-state index in [1.54, 1.807) is 0 Å². The Kier molecular flexibility index (Phi) is 12.1. The molecule has 0 radical (unpaired) electrons. The maximum atomic E-state index is 13.3. The van der Waals surface area contributed by atoms with E-state index in [9.17, 15) is 9.59 Å². The van der Waals surface area contributed by atoms with E-state index in [-0.39, 0.29) is 24.3 Å². The average Bonchev–Trinajstić information content (AvgIpc) is 3.09. The monoisotopic (exact) mass is 583 g/mol. The van der Waals surface area contributed by atoms with Crippen molar-refractivity contribution in [1.29, 1.82) is 0 Å². The molecule has 224 valence electrons. The molecular formula is C34H46ClNO5. The van der Waals surface area contributed by atoms with Crippen LogP contribution in [0, 0.1) is 0 Å². The van der Waals surface area contributed by atoms with Gasteiger partial charge in [0.1, 0.15) is 11.4 Å². The normalized spacial score (nSPS) is 15.8. The lowest BCUT2D eigenvalue weighted by Gasteiger charge is -2.29. The smallest absolute Gasteiger partial charge is 0.313 e. The number of benzene rings is 2. The molecule has 1 aliphatic heterocycles. The lowest BCUT2D eigenvalue weighted by molar-refractivity contribution is -0.157. The number of hydrogen-bond donors (Lipinski definition) is 0. The molecule has 0 spiro atoms. The molecule has 0 saturated carbocycles. The largest absolute Gasteiger partial charge is 0.491 e. The minimum absolute atomic E-state index is 0.123. The molecule has 0 aliphatic carbocycles. The highest BCUT2D eigenvalue weighted by Crippen LogP contribution is 2.39. The molecule has 0 bridgehead atoms. The first kappa shape index (κ1) is 32.5. The standard InChI is InChI=1S/C34H46ClNO5/c1-7-9-10-11-19-36-22-26(28-15-14-27(35)20-24(28)12-8-2)23-40-31-17-13-25(21-30(31)36)29(16-18-32(37)39-6)33(38)41-34(3,4)5/h7,13-15,17,20-21,26,29H,1,8-12,16,18-19,22-23H2,2-6H3. The molecule has 1 aliphatic rings. The first-order valence-corrected chi connectivity index (χ1v) is 15.1. The van der Waals surface area contributed by atoms with Crippen molar-refractivity contribution in [3.63, 3.8) is 0 Å². The van der Waals surface area contributed by atoms with E-state index < -0.39 is 11.5 Å². The van der Waals surface area contributed by atoms with Crippen molar-refractivity contribution in [2.75, 3.05) is 31.7 Å². The molecule has 2 aromatic carbocycles. The first-order valence-electron chi connectivity index (χ1n) is 14.8. The van der Waals surface area contributed by atoms with Crippen molar-refractivity contribution in [3.05, 3.63) is 70.8 Å². The third kappa shape index (κ3) is 9.53. The summed E-state index contributed by atoms with van der Waals surface area (Å²) >= 11 is 6.37. The number of aryl methyl sites for hydroxylation is 1. The Morgan fingerprint density at radius 1 is 1.20 bits per heavy atom. The van der Waals surface area contributed by atoms with Crippen LogP contribution in [-0.2, 0) is 25.5 Å². The van der Waals surface area contributed by atoms with Crippen molar-refractivity contribution < 1.29 is 23.8 Å². The van der Waals surface area contributed by atoms with Crippen LogP contribution in [0.4, 0.5) is 5.69 Å². The van der Waals surface area contributed by atoms with Gasteiger partial charge in [-0.3, -0.25) is 9.59 Å². The number of unbranched alkanes of at least 4 members (excludes halogenated alkanes) is 2. The molecule has 0 amide bonds. The van der Waals surface area contributed by atoms with Gasteiger partial charge in [0.2, 0.25) is 0 Å². The summed E-state index contributed by atoms with van der Waals surface area (Å²) in [6.45, 7) is 13.8. The Hall–Kier alpha value is -2.99. The van der Waals surface area contributed by atoms with Gasteiger partial charge in [0, 0.05) is 30.5 Å². The van der Waals surface area contributed by atoms with Crippen LogP contribution in [0.2, 0.25) is 5.02 Å². The third-order valence-corrected chi connectivity index (χ3v) is 7.55. The fraction of sp³-hybridized carbons (Fsp3) is 0.529. The number of nitrogens with zero attached hydrogens (tertiary/aromatic N) is 1. The SMILES string of the molecule is C=CCCCCN1CC(c2ccc(Cl)cc2CCC)COc2ccc(C(CCC(=O)OC)C(=O)OC(C)(C)C)cc21. The molecule has 0 N–H and O–H groups in total. The Morgan fingerprint density at radius 2 is 1.98 bits per heavy atom. The molecule has 1 heterocycles. The van der Waals surface area contributed by atoms with E-state index in [1.807, 2.05) is 51.1 Å². The van der Waals surface area contributed by atoms with Crippen LogP contribution in [0.3, 0.4) is 0 Å². The van der Waals surface area contributed by atoms with Crippen molar-refractivity contribution in [2.24, 2.45) is 0 Å². The van der Waals surface area contributed by atoms with E-state index in [0.29, 0.717) is 13.0 Å². The van der Waals surface area contributed by atoms with Gasteiger partial charge in [-0.25, -0.2) is 0 Å². The number of fused-ring (bicyclic) bond motifs is 1. The topological polar surface area (TPSA) is 65.1 Å². The predicted octanol–water partition coefficient (Wildman–Crippen LogP) is 8.01. The van der Waals surface area contributed by atoms with Gasteiger partial charge in [0.25, 0.3) is 0 Å². The number of anilines is 1. The zero-order valence-electron chi connectivity index (χ0n) is 25.3. The summed E-state index contributed by atoms with van der Waals surface area (Å²) < 4.78 is 17.1. The van der Waals surface area contributed by atoms with Gasteiger partial charge < -0.3 is 19.1 Å². The van der Waals surface area contributed by atoms with E-state index >= 15 is 0 Å². The van der Waals surface area contributed by atoms with Crippen molar-refractivity contribution >= 4 is 29.2 Å². The van der Waals surface area contributed by atoms with Crippen LogP contribution in [-0.4, -0.2) is 44.3 Å². The van der Waals surface area contributed by atoms with E-state index in [0.717, 1.165) is 67.2 Å². The summed E-state index contributed by atoms with van der Waals surface area (Å²) in [4.78, 5) is 27.7. The van der Waals surface area contributed by atoms with Crippen LogP contribution in [0.25, 0.3) is 0 Å². The molecule has 2 aromatic rings. The second-order valence-electron chi connectivity index (χ2n) is 11.8. The van der Waals surface area contributed by atoms with E-state index in [1.165, 1.54) is 18.2 Å². The molecule has 6 nitrogen and oxygen atoms in total.